The van der Waals surface area contributed by atoms with Crippen LogP contribution in [0, 0.1) is 5.41 Å². The van der Waals surface area contributed by atoms with Gasteiger partial charge in [-0.2, -0.15) is 0 Å². The first-order chi connectivity index (χ1) is 8.13. The third-order valence-electron chi connectivity index (χ3n) is 3.32. The van der Waals surface area contributed by atoms with E-state index in [2.05, 4.69) is 23.8 Å². The highest BCUT2D eigenvalue weighted by molar-refractivity contribution is 6.31. The maximum atomic E-state index is 6.15. The van der Waals surface area contributed by atoms with E-state index in [1.807, 2.05) is 12.1 Å². The molecule has 0 spiro atoms. The van der Waals surface area contributed by atoms with Crippen molar-refractivity contribution in [1.29, 1.82) is 0 Å². The second-order valence-electron chi connectivity index (χ2n) is 5.16. The van der Waals surface area contributed by atoms with Gasteiger partial charge in [-0.15, -0.1) is 6.58 Å². The number of nitrogens with zero attached hydrogens (tertiary/aromatic N) is 1. The highest BCUT2D eigenvalue weighted by atomic mass is 35.5. The fourth-order valence-electron chi connectivity index (χ4n) is 1.85. The summed E-state index contributed by atoms with van der Waals surface area (Å²) in [5, 5.41) is 4.30. The smallest absolute Gasteiger partial charge is 0.0621 e. The predicted octanol–water partition coefficient (Wildman–Crippen LogP) is 3.22. The lowest BCUT2D eigenvalue weighted by Gasteiger charge is -2.26. The lowest BCUT2D eigenvalue weighted by Crippen LogP contribution is -2.33. The summed E-state index contributed by atoms with van der Waals surface area (Å²) < 4.78 is 0. The summed E-state index contributed by atoms with van der Waals surface area (Å²) >= 11 is 6.15. The molecule has 17 heavy (non-hydrogen) atoms. The van der Waals surface area contributed by atoms with Gasteiger partial charge in [-0.05, 0) is 30.9 Å². The fourth-order valence-corrected chi connectivity index (χ4v) is 2.04. The molecular formula is C14H19ClN2. The van der Waals surface area contributed by atoms with Gasteiger partial charge in [0, 0.05) is 30.4 Å². The van der Waals surface area contributed by atoms with Crippen LogP contribution in [-0.2, 0) is 6.42 Å². The molecule has 2 rings (SSSR count). The largest absolute Gasteiger partial charge is 0.313 e. The van der Waals surface area contributed by atoms with Crippen molar-refractivity contribution >= 4 is 11.6 Å². The molecule has 1 aromatic rings. The van der Waals surface area contributed by atoms with E-state index in [9.17, 15) is 0 Å². The van der Waals surface area contributed by atoms with Crippen LogP contribution in [0.25, 0.3) is 0 Å². The quantitative estimate of drug-likeness (QED) is 0.785. The topological polar surface area (TPSA) is 24.9 Å². The van der Waals surface area contributed by atoms with Crippen molar-refractivity contribution < 1.29 is 0 Å². The Bertz CT molecular complexity index is 401. The molecule has 0 aliphatic heterocycles. The van der Waals surface area contributed by atoms with Crippen LogP contribution in [0.5, 0.6) is 0 Å². The second kappa shape index (κ2) is 5.19. The molecule has 1 atom stereocenters. The van der Waals surface area contributed by atoms with Crippen molar-refractivity contribution in [3.63, 3.8) is 0 Å². The predicted molar refractivity (Wildman–Crippen MR) is 72.3 cm³/mol. The van der Waals surface area contributed by atoms with Gasteiger partial charge in [-0.3, -0.25) is 4.98 Å². The van der Waals surface area contributed by atoms with Gasteiger partial charge in [0.25, 0.3) is 0 Å². The van der Waals surface area contributed by atoms with E-state index >= 15 is 0 Å². The standard InChI is InChI=1S/C14H19ClN2/c1-3-14(2,10-17-12-4-5-12)8-11-6-7-16-9-13(11)15/h3,6-7,9,12,17H,1,4-5,8,10H2,2H3. The van der Waals surface area contributed by atoms with Gasteiger partial charge in [-0.1, -0.05) is 24.6 Å². The molecule has 1 heterocycles. The van der Waals surface area contributed by atoms with E-state index in [0.717, 1.165) is 29.6 Å². The van der Waals surface area contributed by atoms with Gasteiger partial charge in [0.2, 0.25) is 0 Å². The molecule has 0 amide bonds. The Morgan fingerprint density at radius 2 is 2.41 bits per heavy atom. The summed E-state index contributed by atoms with van der Waals surface area (Å²) in [5.74, 6) is 0. The molecule has 1 unspecified atom stereocenters. The van der Waals surface area contributed by atoms with Crippen molar-refractivity contribution in [1.82, 2.24) is 10.3 Å². The zero-order valence-corrected chi connectivity index (χ0v) is 11.0. The minimum Gasteiger partial charge on any atom is -0.313 e. The molecule has 0 aromatic carbocycles. The van der Waals surface area contributed by atoms with Crippen LogP contribution in [0.1, 0.15) is 25.3 Å². The third-order valence-corrected chi connectivity index (χ3v) is 3.66. The minimum atomic E-state index is 0.0492. The van der Waals surface area contributed by atoms with E-state index in [0.29, 0.717) is 0 Å². The van der Waals surface area contributed by atoms with Crippen LogP contribution in [0.15, 0.2) is 31.1 Å². The van der Waals surface area contributed by atoms with Gasteiger partial charge >= 0.3 is 0 Å². The van der Waals surface area contributed by atoms with Crippen LogP contribution in [0.3, 0.4) is 0 Å². The van der Waals surface area contributed by atoms with Crippen LogP contribution in [0.2, 0.25) is 5.02 Å². The number of nitrogens with one attached hydrogen (secondary N) is 1. The van der Waals surface area contributed by atoms with E-state index in [-0.39, 0.29) is 5.41 Å². The molecule has 1 N–H and O–H groups in total. The Labute approximate surface area is 108 Å². The Kier molecular flexibility index (Phi) is 3.85. The van der Waals surface area contributed by atoms with E-state index < -0.39 is 0 Å². The SMILES string of the molecule is C=CC(C)(CNC1CC1)Cc1ccncc1Cl. The van der Waals surface area contributed by atoms with E-state index in [4.69, 9.17) is 11.6 Å². The molecule has 92 valence electrons. The summed E-state index contributed by atoms with van der Waals surface area (Å²) in [6.07, 6.45) is 9.04. The average molecular weight is 251 g/mol. The van der Waals surface area contributed by atoms with Crippen molar-refractivity contribution in [3.05, 3.63) is 41.7 Å². The average Bonchev–Trinajstić information content (AvgIpc) is 3.14. The molecule has 2 nitrogen and oxygen atoms in total. The van der Waals surface area contributed by atoms with Gasteiger partial charge in [-0.25, -0.2) is 0 Å². The summed E-state index contributed by atoms with van der Waals surface area (Å²) in [5.41, 5.74) is 1.19. The highest BCUT2D eigenvalue weighted by Crippen LogP contribution is 2.28. The fraction of sp³-hybridized carbons (Fsp3) is 0.500. The third kappa shape index (κ3) is 3.55. The maximum Gasteiger partial charge on any atom is 0.0621 e. The lowest BCUT2D eigenvalue weighted by atomic mass is 9.84. The Morgan fingerprint density at radius 3 is 3.00 bits per heavy atom. The van der Waals surface area contributed by atoms with Crippen molar-refractivity contribution in [2.45, 2.75) is 32.2 Å². The molecule has 1 aliphatic carbocycles. The second-order valence-corrected chi connectivity index (χ2v) is 5.56. The minimum absolute atomic E-state index is 0.0492. The summed E-state index contributed by atoms with van der Waals surface area (Å²) in [4.78, 5) is 4.01. The molecule has 1 aromatic heterocycles. The van der Waals surface area contributed by atoms with E-state index in [1.165, 1.54) is 12.8 Å². The van der Waals surface area contributed by atoms with Crippen LogP contribution in [-0.4, -0.2) is 17.6 Å². The molecular weight excluding hydrogens is 232 g/mol. The van der Waals surface area contributed by atoms with Gasteiger partial charge in [0.1, 0.15) is 0 Å². The van der Waals surface area contributed by atoms with Crippen molar-refractivity contribution in [2.75, 3.05) is 6.54 Å². The van der Waals surface area contributed by atoms with Gasteiger partial charge in [0.05, 0.1) is 5.02 Å². The monoisotopic (exact) mass is 250 g/mol. The molecule has 1 aliphatic rings. The number of rotatable bonds is 6. The van der Waals surface area contributed by atoms with Crippen LogP contribution < -0.4 is 5.32 Å². The van der Waals surface area contributed by atoms with Crippen LogP contribution in [0.4, 0.5) is 0 Å². The first kappa shape index (κ1) is 12.6. The molecule has 1 saturated carbocycles. The number of pyridine rings is 1. The van der Waals surface area contributed by atoms with Crippen LogP contribution >= 0.6 is 11.6 Å². The Balaban J connectivity index is 2.01. The summed E-state index contributed by atoms with van der Waals surface area (Å²) in [7, 11) is 0. The zero-order valence-electron chi connectivity index (χ0n) is 10.2. The normalized spacial score (nSPS) is 18.7. The van der Waals surface area contributed by atoms with Crippen molar-refractivity contribution in [2.24, 2.45) is 5.41 Å². The number of hydrogen-bond acceptors (Lipinski definition) is 2. The molecule has 0 radical (unpaired) electrons. The van der Waals surface area contributed by atoms with Crippen molar-refractivity contribution in [3.8, 4) is 0 Å². The molecule has 0 saturated heterocycles. The maximum absolute atomic E-state index is 6.15. The lowest BCUT2D eigenvalue weighted by molar-refractivity contribution is 0.389. The zero-order chi connectivity index (χ0) is 12.3. The van der Waals surface area contributed by atoms with Gasteiger partial charge in [0.15, 0.2) is 0 Å². The number of aromatic nitrogens is 1. The number of halogens is 1. The summed E-state index contributed by atoms with van der Waals surface area (Å²) in [6, 6.07) is 2.71. The Morgan fingerprint density at radius 1 is 1.65 bits per heavy atom. The highest BCUT2D eigenvalue weighted by Gasteiger charge is 2.27. The Hall–Kier alpha value is -0.860. The molecule has 1 fully saturated rings. The first-order valence-corrected chi connectivity index (χ1v) is 6.46. The number of hydrogen-bond donors (Lipinski definition) is 1. The molecule has 0 bridgehead atoms. The first-order valence-electron chi connectivity index (χ1n) is 6.08. The summed E-state index contributed by atoms with van der Waals surface area (Å²) in [6.45, 7) is 7.13. The van der Waals surface area contributed by atoms with E-state index in [1.54, 1.807) is 12.4 Å². The molecule has 3 heteroatoms. The van der Waals surface area contributed by atoms with Gasteiger partial charge < -0.3 is 5.32 Å².